The Morgan fingerprint density at radius 2 is 2.20 bits per heavy atom. The largest absolute Gasteiger partial charge is 0.156 e. The van der Waals surface area contributed by atoms with Crippen molar-refractivity contribution in [2.75, 3.05) is 0 Å². The molecule has 0 aliphatic carbocycles. The summed E-state index contributed by atoms with van der Waals surface area (Å²) in [5.41, 5.74) is 0.657. The van der Waals surface area contributed by atoms with E-state index in [1.165, 1.54) is 12.4 Å². The molecule has 5 heteroatoms. The summed E-state index contributed by atoms with van der Waals surface area (Å²) < 4.78 is 0. The SMILES string of the molecule is [c]1nncc2nnncc12. The first kappa shape index (κ1) is 5.16. The zero-order valence-electron chi connectivity index (χ0n) is 4.89. The summed E-state index contributed by atoms with van der Waals surface area (Å²) in [6, 6.07) is 0. The van der Waals surface area contributed by atoms with Crippen molar-refractivity contribution in [3.8, 4) is 0 Å². The lowest BCUT2D eigenvalue weighted by atomic mass is 10.4. The van der Waals surface area contributed by atoms with Gasteiger partial charge in [0, 0.05) is 0 Å². The highest BCUT2D eigenvalue weighted by atomic mass is 15.3. The number of fused-ring (bicyclic) bond motifs is 1. The predicted octanol–water partition coefficient (Wildman–Crippen LogP) is -0.385. The highest BCUT2D eigenvalue weighted by molar-refractivity contribution is 5.73. The van der Waals surface area contributed by atoms with E-state index in [4.69, 9.17) is 0 Å². The highest BCUT2D eigenvalue weighted by Gasteiger charge is 1.92. The number of hydrogen-bond acceptors (Lipinski definition) is 5. The molecule has 0 saturated heterocycles. The van der Waals surface area contributed by atoms with Crippen molar-refractivity contribution >= 4 is 10.9 Å². The molecule has 0 saturated carbocycles. The predicted molar refractivity (Wildman–Crippen MR) is 31.8 cm³/mol. The minimum absolute atomic E-state index is 0.657. The van der Waals surface area contributed by atoms with Crippen LogP contribution in [0.15, 0.2) is 12.4 Å². The zero-order valence-corrected chi connectivity index (χ0v) is 4.89. The van der Waals surface area contributed by atoms with E-state index in [9.17, 15) is 0 Å². The lowest BCUT2D eigenvalue weighted by molar-refractivity contribution is 0.885. The summed E-state index contributed by atoms with van der Waals surface area (Å²) in [5.74, 6) is 0. The van der Waals surface area contributed by atoms with Gasteiger partial charge in [-0.05, 0) is 5.21 Å². The van der Waals surface area contributed by atoms with Gasteiger partial charge in [0.2, 0.25) is 0 Å². The summed E-state index contributed by atoms with van der Waals surface area (Å²) in [6.45, 7) is 0. The van der Waals surface area contributed by atoms with Crippen molar-refractivity contribution in [3.05, 3.63) is 18.6 Å². The third-order valence-electron chi connectivity index (χ3n) is 1.08. The van der Waals surface area contributed by atoms with Gasteiger partial charge in [-0.2, -0.15) is 5.10 Å². The number of rotatable bonds is 0. The molecule has 0 N–H and O–H groups in total. The van der Waals surface area contributed by atoms with Crippen LogP contribution >= 0.6 is 0 Å². The Balaban J connectivity index is 2.89. The van der Waals surface area contributed by atoms with Crippen LogP contribution in [0.2, 0.25) is 0 Å². The second-order valence-electron chi connectivity index (χ2n) is 1.69. The molecule has 0 aliphatic rings. The van der Waals surface area contributed by atoms with Gasteiger partial charge in [0.1, 0.15) is 11.7 Å². The number of hydrogen-bond donors (Lipinski definition) is 0. The minimum atomic E-state index is 0.657. The van der Waals surface area contributed by atoms with Crippen LogP contribution in [-0.2, 0) is 0 Å². The fraction of sp³-hybridized carbons (Fsp3) is 0. The van der Waals surface area contributed by atoms with Crippen LogP contribution in [0.4, 0.5) is 0 Å². The van der Waals surface area contributed by atoms with E-state index < -0.39 is 0 Å². The Morgan fingerprint density at radius 1 is 1.20 bits per heavy atom. The third kappa shape index (κ3) is 0.680. The molecule has 0 atom stereocenters. The van der Waals surface area contributed by atoms with Gasteiger partial charge in [-0.1, -0.05) is 0 Å². The maximum Gasteiger partial charge on any atom is 0.125 e. The summed E-state index contributed by atoms with van der Waals surface area (Å²) in [5, 5.41) is 18.5. The molecule has 0 fully saturated rings. The molecule has 0 bridgehead atoms. The Hall–Kier alpha value is -1.65. The van der Waals surface area contributed by atoms with E-state index in [2.05, 4.69) is 31.8 Å². The average Bonchev–Trinajstić information content (AvgIpc) is 2.05. The molecule has 0 unspecified atom stereocenters. The van der Waals surface area contributed by atoms with E-state index in [1.54, 1.807) is 0 Å². The lowest BCUT2D eigenvalue weighted by Gasteiger charge is -1.86. The van der Waals surface area contributed by atoms with Gasteiger partial charge < -0.3 is 0 Å². The molecule has 0 aromatic carbocycles. The molecule has 0 aliphatic heterocycles. The van der Waals surface area contributed by atoms with Crippen molar-refractivity contribution in [1.82, 2.24) is 25.6 Å². The van der Waals surface area contributed by atoms with Crippen LogP contribution in [0.25, 0.3) is 10.9 Å². The van der Waals surface area contributed by atoms with E-state index in [0.717, 1.165) is 5.39 Å². The smallest absolute Gasteiger partial charge is 0.125 e. The van der Waals surface area contributed by atoms with Crippen LogP contribution in [0.1, 0.15) is 0 Å². The first-order valence-electron chi connectivity index (χ1n) is 2.64. The van der Waals surface area contributed by atoms with Crippen molar-refractivity contribution in [2.45, 2.75) is 0 Å². The normalized spacial score (nSPS) is 10.0. The number of aromatic nitrogens is 5. The molecule has 0 spiro atoms. The highest BCUT2D eigenvalue weighted by Crippen LogP contribution is 2.00. The first-order chi connectivity index (χ1) is 4.97. The van der Waals surface area contributed by atoms with Crippen molar-refractivity contribution in [1.29, 1.82) is 0 Å². The van der Waals surface area contributed by atoms with Crippen LogP contribution < -0.4 is 0 Å². The fourth-order valence-corrected chi connectivity index (χ4v) is 0.625. The van der Waals surface area contributed by atoms with Gasteiger partial charge in [0.15, 0.2) is 0 Å². The quantitative estimate of drug-likeness (QED) is 0.488. The summed E-state index contributed by atoms with van der Waals surface area (Å²) >= 11 is 0. The summed E-state index contributed by atoms with van der Waals surface area (Å²) in [7, 11) is 0. The molecule has 5 nitrogen and oxygen atoms in total. The third-order valence-corrected chi connectivity index (χ3v) is 1.08. The van der Waals surface area contributed by atoms with Crippen molar-refractivity contribution in [3.63, 3.8) is 0 Å². The van der Waals surface area contributed by atoms with Gasteiger partial charge >= 0.3 is 0 Å². The van der Waals surface area contributed by atoms with E-state index in [1.807, 2.05) is 0 Å². The maximum absolute atomic E-state index is 3.69. The van der Waals surface area contributed by atoms with Crippen LogP contribution in [0.3, 0.4) is 0 Å². The average molecular weight is 132 g/mol. The second-order valence-corrected chi connectivity index (χ2v) is 1.69. The van der Waals surface area contributed by atoms with Crippen molar-refractivity contribution < 1.29 is 0 Å². The zero-order chi connectivity index (χ0) is 6.81. The fourth-order valence-electron chi connectivity index (χ4n) is 0.625. The van der Waals surface area contributed by atoms with Gasteiger partial charge in [0.05, 0.1) is 17.8 Å². The Labute approximate surface area is 56.1 Å². The second kappa shape index (κ2) is 1.94. The molecule has 2 aromatic rings. The number of nitrogens with zero attached hydrogens (tertiary/aromatic N) is 5. The molecular formula is C5H2N5. The van der Waals surface area contributed by atoms with Crippen molar-refractivity contribution in [2.24, 2.45) is 0 Å². The van der Waals surface area contributed by atoms with E-state index in [0.29, 0.717) is 5.52 Å². The van der Waals surface area contributed by atoms with Crippen LogP contribution in [0.5, 0.6) is 0 Å². The summed E-state index contributed by atoms with van der Waals surface area (Å²) in [4.78, 5) is 0. The molecule has 2 rings (SSSR count). The first-order valence-corrected chi connectivity index (χ1v) is 2.64. The molecule has 0 amide bonds. The van der Waals surface area contributed by atoms with Gasteiger partial charge in [-0.25, -0.2) is 0 Å². The van der Waals surface area contributed by atoms with Gasteiger partial charge in [-0.3, -0.25) is 0 Å². The van der Waals surface area contributed by atoms with Gasteiger partial charge in [-0.15, -0.1) is 15.3 Å². The Bertz CT molecular complexity index is 281. The molecular weight excluding hydrogens is 130 g/mol. The molecule has 2 aromatic heterocycles. The molecule has 10 heavy (non-hydrogen) atoms. The monoisotopic (exact) mass is 132 g/mol. The maximum atomic E-state index is 3.69. The van der Waals surface area contributed by atoms with Gasteiger partial charge in [0.25, 0.3) is 0 Å². The lowest BCUT2D eigenvalue weighted by Crippen LogP contribution is -1.89. The van der Waals surface area contributed by atoms with Crippen LogP contribution in [0, 0.1) is 6.20 Å². The van der Waals surface area contributed by atoms with Crippen LogP contribution in [-0.4, -0.2) is 25.6 Å². The van der Waals surface area contributed by atoms with E-state index in [-0.39, 0.29) is 0 Å². The Morgan fingerprint density at radius 3 is 3.10 bits per heavy atom. The van der Waals surface area contributed by atoms with E-state index >= 15 is 0 Å². The molecule has 47 valence electrons. The standard InChI is InChI=1S/C5H2N5/c1-4-2-8-10-9-5(4)3-7-6-1/h2-3H. The minimum Gasteiger partial charge on any atom is -0.156 e. The topological polar surface area (TPSA) is 64.5 Å². The molecule has 1 radical (unpaired) electrons. The Kier molecular flexibility index (Phi) is 1.00. The molecule has 2 heterocycles. The summed E-state index contributed by atoms with van der Waals surface area (Å²) in [6.07, 6.45) is 5.68.